The zero-order valence-corrected chi connectivity index (χ0v) is 11.1. The smallest absolute Gasteiger partial charge is 0.339 e. The minimum absolute atomic E-state index is 0.0597. The fourth-order valence-corrected chi connectivity index (χ4v) is 2.99. The number of aromatic hydroxyl groups is 1. The van der Waals surface area contributed by atoms with E-state index in [9.17, 15) is 14.7 Å². The van der Waals surface area contributed by atoms with Gasteiger partial charge in [-0.15, -0.1) is 0 Å². The van der Waals surface area contributed by atoms with E-state index in [0.29, 0.717) is 6.29 Å². The molecule has 0 aliphatic heterocycles. The normalized spacial score (nSPS) is 15.4. The van der Waals surface area contributed by atoms with Crippen LogP contribution in [-0.2, 0) is 12.8 Å². The van der Waals surface area contributed by atoms with E-state index >= 15 is 0 Å². The van der Waals surface area contributed by atoms with Gasteiger partial charge in [-0.1, -0.05) is 12.8 Å². The van der Waals surface area contributed by atoms with Crippen molar-refractivity contribution in [2.45, 2.75) is 38.5 Å². The van der Waals surface area contributed by atoms with E-state index in [1.165, 1.54) is 6.07 Å². The monoisotopic (exact) mass is 272 g/mol. The van der Waals surface area contributed by atoms with Crippen molar-refractivity contribution in [3.63, 3.8) is 0 Å². The van der Waals surface area contributed by atoms with Crippen molar-refractivity contribution < 1.29 is 14.3 Å². The molecule has 20 heavy (non-hydrogen) atoms. The maximum absolute atomic E-state index is 12.2. The first-order valence-electron chi connectivity index (χ1n) is 6.98. The third-order valence-electron chi connectivity index (χ3n) is 4.03. The van der Waals surface area contributed by atoms with Crippen molar-refractivity contribution in [2.24, 2.45) is 0 Å². The molecule has 1 aliphatic rings. The van der Waals surface area contributed by atoms with Gasteiger partial charge in [-0.05, 0) is 43.4 Å². The van der Waals surface area contributed by atoms with Crippen LogP contribution in [0.15, 0.2) is 21.3 Å². The van der Waals surface area contributed by atoms with E-state index in [-0.39, 0.29) is 22.5 Å². The van der Waals surface area contributed by atoms with Crippen LogP contribution in [-0.4, -0.2) is 11.4 Å². The average Bonchev–Trinajstić information content (AvgIpc) is 2.39. The highest BCUT2D eigenvalue weighted by molar-refractivity contribution is 5.98. The lowest BCUT2D eigenvalue weighted by Crippen LogP contribution is -2.14. The molecular weight excluding hydrogens is 256 g/mol. The average molecular weight is 272 g/mol. The lowest BCUT2D eigenvalue weighted by Gasteiger charge is -2.15. The van der Waals surface area contributed by atoms with E-state index in [4.69, 9.17) is 4.42 Å². The molecule has 0 spiro atoms. The third kappa shape index (κ3) is 2.01. The minimum atomic E-state index is -0.372. The van der Waals surface area contributed by atoms with Crippen LogP contribution < -0.4 is 5.63 Å². The molecule has 0 bridgehead atoms. The summed E-state index contributed by atoms with van der Waals surface area (Å²) in [6, 6.07) is 3.23. The summed E-state index contributed by atoms with van der Waals surface area (Å²) in [6.07, 6.45) is 6.39. The van der Waals surface area contributed by atoms with Gasteiger partial charge in [0.25, 0.3) is 0 Å². The van der Waals surface area contributed by atoms with Crippen molar-refractivity contribution in [3.05, 3.63) is 39.2 Å². The summed E-state index contributed by atoms with van der Waals surface area (Å²) in [5.41, 5.74) is 1.62. The van der Waals surface area contributed by atoms with Gasteiger partial charge in [-0.3, -0.25) is 4.79 Å². The Labute approximate surface area is 116 Å². The lowest BCUT2D eigenvalue weighted by molar-refractivity contribution is 0.112. The quantitative estimate of drug-likeness (QED) is 0.640. The molecule has 0 atom stereocenters. The number of carbonyl (C=O) groups is 1. The molecule has 0 amide bonds. The molecule has 0 radical (unpaired) electrons. The molecule has 0 fully saturated rings. The van der Waals surface area contributed by atoms with E-state index in [2.05, 4.69) is 0 Å². The lowest BCUT2D eigenvalue weighted by atomic mass is 9.91. The summed E-state index contributed by atoms with van der Waals surface area (Å²) in [7, 11) is 0. The molecule has 1 N–H and O–H groups in total. The molecule has 1 aromatic carbocycles. The second kappa shape index (κ2) is 5.12. The maximum atomic E-state index is 12.2. The number of fused-ring (bicyclic) bond motifs is 3. The predicted octanol–water partition coefficient (Wildman–Crippen LogP) is 2.97. The number of aldehydes is 1. The Kier molecular flexibility index (Phi) is 3.30. The molecule has 4 heteroatoms. The maximum Gasteiger partial charge on any atom is 0.339 e. The van der Waals surface area contributed by atoms with Crippen LogP contribution in [0.5, 0.6) is 5.75 Å². The Balaban J connectivity index is 2.36. The largest absolute Gasteiger partial charge is 0.507 e. The number of carbonyl (C=O) groups excluding carboxylic acids is 1. The van der Waals surface area contributed by atoms with Gasteiger partial charge in [-0.2, -0.15) is 0 Å². The molecule has 0 saturated heterocycles. The first-order chi connectivity index (χ1) is 9.72. The fourth-order valence-electron chi connectivity index (χ4n) is 2.99. The van der Waals surface area contributed by atoms with E-state index in [1.54, 1.807) is 6.07 Å². The summed E-state index contributed by atoms with van der Waals surface area (Å²) >= 11 is 0. The summed E-state index contributed by atoms with van der Waals surface area (Å²) in [5.74, 6) is -0.151. The number of hydrogen-bond acceptors (Lipinski definition) is 4. The second-order valence-corrected chi connectivity index (χ2v) is 5.25. The highest BCUT2D eigenvalue weighted by atomic mass is 16.4. The van der Waals surface area contributed by atoms with Gasteiger partial charge in [0, 0.05) is 10.9 Å². The molecule has 0 unspecified atom stereocenters. The molecule has 1 aliphatic carbocycles. The zero-order chi connectivity index (χ0) is 14.1. The Morgan fingerprint density at radius 3 is 2.45 bits per heavy atom. The van der Waals surface area contributed by atoms with Crippen molar-refractivity contribution in [1.82, 2.24) is 0 Å². The number of phenols is 1. The third-order valence-corrected chi connectivity index (χ3v) is 4.03. The Morgan fingerprint density at radius 1 is 1.05 bits per heavy atom. The van der Waals surface area contributed by atoms with Crippen LogP contribution in [0.4, 0.5) is 0 Å². The van der Waals surface area contributed by atoms with Gasteiger partial charge in [0.1, 0.15) is 5.75 Å². The molecule has 1 aromatic heterocycles. The van der Waals surface area contributed by atoms with Gasteiger partial charge < -0.3 is 9.52 Å². The molecule has 104 valence electrons. The van der Waals surface area contributed by atoms with Gasteiger partial charge >= 0.3 is 5.63 Å². The van der Waals surface area contributed by atoms with Crippen LogP contribution in [0.1, 0.15) is 47.2 Å². The standard InChI is InChI=1S/C16H16O4/c17-9-13-14(18)8-7-11-10-5-3-1-2-4-6-12(10)16(19)20-15(11)13/h7-9,18H,1-6H2. The molecular formula is C16H16O4. The molecule has 2 aromatic rings. The Morgan fingerprint density at radius 2 is 1.75 bits per heavy atom. The summed E-state index contributed by atoms with van der Waals surface area (Å²) in [6.45, 7) is 0. The van der Waals surface area contributed by atoms with Crippen LogP contribution in [0.25, 0.3) is 11.0 Å². The topological polar surface area (TPSA) is 67.5 Å². The van der Waals surface area contributed by atoms with Crippen molar-refractivity contribution in [3.8, 4) is 5.75 Å². The molecule has 3 rings (SSSR count). The molecule has 0 saturated carbocycles. The Hall–Kier alpha value is -2.10. The van der Waals surface area contributed by atoms with E-state index in [1.807, 2.05) is 0 Å². The zero-order valence-electron chi connectivity index (χ0n) is 11.1. The molecule has 4 nitrogen and oxygen atoms in total. The van der Waals surface area contributed by atoms with Crippen molar-refractivity contribution in [1.29, 1.82) is 0 Å². The summed E-state index contributed by atoms with van der Waals surface area (Å²) in [4.78, 5) is 23.3. The van der Waals surface area contributed by atoms with Gasteiger partial charge in [0.15, 0.2) is 11.9 Å². The number of rotatable bonds is 1. The number of benzene rings is 1. The summed E-state index contributed by atoms with van der Waals surface area (Å²) < 4.78 is 5.31. The van der Waals surface area contributed by atoms with Crippen LogP contribution >= 0.6 is 0 Å². The van der Waals surface area contributed by atoms with Crippen LogP contribution in [0.3, 0.4) is 0 Å². The fraction of sp³-hybridized carbons (Fsp3) is 0.375. The number of hydrogen-bond donors (Lipinski definition) is 1. The number of aryl methyl sites for hydroxylation is 1. The van der Waals surface area contributed by atoms with E-state index in [0.717, 1.165) is 55.0 Å². The SMILES string of the molecule is O=Cc1c(O)ccc2c3c(c(=O)oc12)CCCCCC3. The van der Waals surface area contributed by atoms with Gasteiger partial charge in [-0.25, -0.2) is 4.79 Å². The van der Waals surface area contributed by atoms with Gasteiger partial charge in [0.2, 0.25) is 0 Å². The molecule has 1 heterocycles. The minimum Gasteiger partial charge on any atom is -0.507 e. The number of phenolic OH excluding ortho intramolecular Hbond substituents is 1. The Bertz CT molecular complexity index is 727. The summed E-state index contributed by atoms with van der Waals surface area (Å²) in [5, 5.41) is 10.5. The second-order valence-electron chi connectivity index (χ2n) is 5.25. The first-order valence-corrected chi connectivity index (χ1v) is 6.98. The first kappa shape index (κ1) is 12.9. The van der Waals surface area contributed by atoms with Crippen LogP contribution in [0.2, 0.25) is 0 Å². The van der Waals surface area contributed by atoms with Crippen LogP contribution in [0, 0.1) is 0 Å². The van der Waals surface area contributed by atoms with E-state index < -0.39 is 0 Å². The highest BCUT2D eigenvalue weighted by Crippen LogP contribution is 2.30. The predicted molar refractivity (Wildman–Crippen MR) is 75.4 cm³/mol. The van der Waals surface area contributed by atoms with Gasteiger partial charge in [0.05, 0.1) is 5.56 Å². The van der Waals surface area contributed by atoms with Crippen molar-refractivity contribution in [2.75, 3.05) is 0 Å². The van der Waals surface area contributed by atoms with Crippen molar-refractivity contribution >= 4 is 17.3 Å². The highest BCUT2D eigenvalue weighted by Gasteiger charge is 2.19.